The van der Waals surface area contributed by atoms with E-state index in [0.717, 1.165) is 5.56 Å². The highest BCUT2D eigenvalue weighted by atomic mass is 16.5. The van der Waals surface area contributed by atoms with Crippen molar-refractivity contribution in [2.24, 2.45) is 0 Å². The smallest absolute Gasteiger partial charge is 0.293 e. The molecule has 6 nitrogen and oxygen atoms in total. The van der Waals surface area contributed by atoms with Crippen LogP contribution < -0.4 is 11.1 Å². The van der Waals surface area contributed by atoms with Crippen molar-refractivity contribution in [2.45, 2.75) is 19.9 Å². The number of nitrogens with one attached hydrogen (secondary N) is 1. The first-order chi connectivity index (χ1) is 8.56. The van der Waals surface area contributed by atoms with Crippen molar-refractivity contribution >= 4 is 11.6 Å². The molecule has 1 atom stereocenters. The molecule has 1 unspecified atom stereocenters. The molecule has 0 aliphatic heterocycles. The molecule has 1 aromatic heterocycles. The zero-order valence-corrected chi connectivity index (χ0v) is 10.2. The fourth-order valence-corrected chi connectivity index (χ4v) is 1.52. The fraction of sp³-hybridized carbons (Fsp3) is 0.250. The Morgan fingerprint density at radius 1 is 1.39 bits per heavy atom. The van der Waals surface area contributed by atoms with Crippen molar-refractivity contribution in [2.75, 3.05) is 5.73 Å². The second-order valence-electron chi connectivity index (χ2n) is 4.00. The van der Waals surface area contributed by atoms with Crippen LogP contribution in [-0.2, 0) is 0 Å². The normalized spacial score (nSPS) is 12.1. The summed E-state index contributed by atoms with van der Waals surface area (Å²) in [6.07, 6.45) is 0. The number of carbonyl (C=O) groups is 1. The zero-order chi connectivity index (χ0) is 13.1. The third kappa shape index (κ3) is 2.65. The average molecular weight is 246 g/mol. The van der Waals surface area contributed by atoms with Crippen LogP contribution in [-0.4, -0.2) is 16.0 Å². The molecule has 0 fully saturated rings. The summed E-state index contributed by atoms with van der Waals surface area (Å²) in [5.41, 5.74) is 7.24. The molecule has 0 aliphatic carbocycles. The van der Waals surface area contributed by atoms with Crippen molar-refractivity contribution < 1.29 is 9.32 Å². The van der Waals surface area contributed by atoms with E-state index >= 15 is 0 Å². The number of nitrogens with zero attached hydrogens (tertiary/aromatic N) is 2. The van der Waals surface area contributed by atoms with E-state index in [-0.39, 0.29) is 17.8 Å². The average Bonchev–Trinajstić information content (AvgIpc) is 2.76. The number of rotatable bonds is 3. The van der Waals surface area contributed by atoms with Gasteiger partial charge in [0.05, 0.1) is 6.04 Å². The highest BCUT2D eigenvalue weighted by Crippen LogP contribution is 2.14. The van der Waals surface area contributed by atoms with E-state index in [0.29, 0.717) is 11.6 Å². The lowest BCUT2D eigenvalue weighted by Gasteiger charge is -2.12. The molecule has 0 bridgehead atoms. The first-order valence-electron chi connectivity index (χ1n) is 5.53. The van der Waals surface area contributed by atoms with Gasteiger partial charge >= 0.3 is 0 Å². The van der Waals surface area contributed by atoms with Gasteiger partial charge in [0.15, 0.2) is 0 Å². The summed E-state index contributed by atoms with van der Waals surface area (Å²) < 4.78 is 4.75. The summed E-state index contributed by atoms with van der Waals surface area (Å²) >= 11 is 0. The van der Waals surface area contributed by atoms with E-state index in [1.165, 1.54) is 0 Å². The molecule has 1 heterocycles. The number of anilines is 1. The van der Waals surface area contributed by atoms with Crippen LogP contribution >= 0.6 is 0 Å². The van der Waals surface area contributed by atoms with Gasteiger partial charge in [0.25, 0.3) is 11.7 Å². The molecule has 2 aromatic rings. The van der Waals surface area contributed by atoms with Crippen molar-refractivity contribution in [1.82, 2.24) is 15.5 Å². The molecular formula is C12H14N4O2. The largest absolute Gasteiger partial charge is 0.399 e. The number of aromatic nitrogens is 2. The van der Waals surface area contributed by atoms with E-state index < -0.39 is 0 Å². The molecular weight excluding hydrogens is 232 g/mol. The molecule has 1 aromatic carbocycles. The number of hydrogen-bond acceptors (Lipinski definition) is 5. The number of aryl methyl sites for hydroxylation is 1. The Kier molecular flexibility index (Phi) is 3.27. The van der Waals surface area contributed by atoms with Crippen LogP contribution in [0.4, 0.5) is 5.69 Å². The SMILES string of the molecule is Cc1nc(C(=O)NC(C)c2ccc(N)cc2)no1. The molecule has 0 aliphatic rings. The molecule has 3 N–H and O–H groups in total. The van der Waals surface area contributed by atoms with E-state index in [9.17, 15) is 4.79 Å². The maximum atomic E-state index is 11.8. The van der Waals surface area contributed by atoms with Gasteiger partial charge in [-0.3, -0.25) is 4.79 Å². The lowest BCUT2D eigenvalue weighted by molar-refractivity contribution is 0.0926. The summed E-state index contributed by atoms with van der Waals surface area (Å²) in [6, 6.07) is 7.15. The van der Waals surface area contributed by atoms with Gasteiger partial charge in [0, 0.05) is 12.6 Å². The van der Waals surface area contributed by atoms with Crippen LogP contribution in [0.2, 0.25) is 0 Å². The Labute approximate surface area is 104 Å². The number of hydrogen-bond donors (Lipinski definition) is 2. The third-order valence-electron chi connectivity index (χ3n) is 2.51. The summed E-state index contributed by atoms with van der Waals surface area (Å²) in [5.74, 6) is 0.0336. The van der Waals surface area contributed by atoms with Gasteiger partial charge in [-0.2, -0.15) is 4.98 Å². The Morgan fingerprint density at radius 3 is 2.61 bits per heavy atom. The van der Waals surface area contributed by atoms with Gasteiger partial charge < -0.3 is 15.6 Å². The van der Waals surface area contributed by atoms with Crippen molar-refractivity contribution in [3.8, 4) is 0 Å². The lowest BCUT2D eigenvalue weighted by Crippen LogP contribution is -2.27. The lowest BCUT2D eigenvalue weighted by atomic mass is 10.1. The van der Waals surface area contributed by atoms with Crippen LogP contribution in [0.3, 0.4) is 0 Å². The Bertz CT molecular complexity index is 547. The first-order valence-corrected chi connectivity index (χ1v) is 5.53. The van der Waals surface area contributed by atoms with Gasteiger partial charge in [0.1, 0.15) is 0 Å². The van der Waals surface area contributed by atoms with E-state index in [4.69, 9.17) is 10.3 Å². The van der Waals surface area contributed by atoms with Gasteiger partial charge in [-0.1, -0.05) is 17.3 Å². The van der Waals surface area contributed by atoms with Gasteiger partial charge in [0.2, 0.25) is 5.89 Å². The summed E-state index contributed by atoms with van der Waals surface area (Å²) in [4.78, 5) is 15.6. The monoisotopic (exact) mass is 246 g/mol. The fourth-order valence-electron chi connectivity index (χ4n) is 1.52. The third-order valence-corrected chi connectivity index (χ3v) is 2.51. The maximum absolute atomic E-state index is 11.8. The van der Waals surface area contributed by atoms with Crippen LogP contribution in [0.15, 0.2) is 28.8 Å². The molecule has 0 spiro atoms. The quantitative estimate of drug-likeness (QED) is 0.799. The first kappa shape index (κ1) is 12.1. The van der Waals surface area contributed by atoms with Crippen molar-refractivity contribution in [3.05, 3.63) is 41.5 Å². The van der Waals surface area contributed by atoms with Gasteiger partial charge in [-0.25, -0.2) is 0 Å². The molecule has 6 heteroatoms. The van der Waals surface area contributed by atoms with Crippen LogP contribution in [0.5, 0.6) is 0 Å². The summed E-state index contributed by atoms with van der Waals surface area (Å²) in [5, 5.41) is 6.34. The Balaban J connectivity index is 2.05. The van der Waals surface area contributed by atoms with Crippen LogP contribution in [0.25, 0.3) is 0 Å². The standard InChI is InChI=1S/C12H14N4O2/c1-7(9-3-5-10(13)6-4-9)14-12(17)11-15-8(2)18-16-11/h3-7H,13H2,1-2H3,(H,14,17). The number of benzene rings is 1. The molecule has 0 saturated carbocycles. The minimum absolute atomic E-state index is 0.0368. The number of nitrogens with two attached hydrogens (primary N) is 1. The second kappa shape index (κ2) is 4.87. The minimum atomic E-state index is -0.365. The highest BCUT2D eigenvalue weighted by Gasteiger charge is 2.16. The predicted octanol–water partition coefficient (Wildman–Crippen LogP) is 1.45. The molecule has 0 radical (unpaired) electrons. The highest BCUT2D eigenvalue weighted by molar-refractivity contribution is 5.90. The van der Waals surface area contributed by atoms with E-state index in [1.54, 1.807) is 19.1 Å². The summed E-state index contributed by atoms with van der Waals surface area (Å²) in [6.45, 7) is 3.50. The van der Waals surface area contributed by atoms with E-state index in [1.807, 2.05) is 19.1 Å². The minimum Gasteiger partial charge on any atom is -0.399 e. The van der Waals surface area contributed by atoms with Crippen LogP contribution in [0.1, 0.15) is 35.0 Å². The molecule has 94 valence electrons. The molecule has 0 saturated heterocycles. The van der Waals surface area contributed by atoms with Crippen molar-refractivity contribution in [1.29, 1.82) is 0 Å². The van der Waals surface area contributed by atoms with Crippen molar-refractivity contribution in [3.63, 3.8) is 0 Å². The van der Waals surface area contributed by atoms with Crippen LogP contribution in [0, 0.1) is 6.92 Å². The summed E-state index contributed by atoms with van der Waals surface area (Å²) in [7, 11) is 0. The van der Waals surface area contributed by atoms with E-state index in [2.05, 4.69) is 15.5 Å². The predicted molar refractivity (Wildman–Crippen MR) is 65.8 cm³/mol. The number of nitrogen functional groups attached to an aromatic ring is 1. The van der Waals surface area contributed by atoms with Gasteiger partial charge in [-0.15, -0.1) is 0 Å². The van der Waals surface area contributed by atoms with Gasteiger partial charge in [-0.05, 0) is 24.6 Å². The zero-order valence-electron chi connectivity index (χ0n) is 10.2. The number of carbonyl (C=O) groups excluding carboxylic acids is 1. The molecule has 18 heavy (non-hydrogen) atoms. The molecule has 2 rings (SSSR count). The topological polar surface area (TPSA) is 94.0 Å². The molecule has 1 amide bonds. The number of amides is 1. The Morgan fingerprint density at radius 2 is 2.06 bits per heavy atom. The second-order valence-corrected chi connectivity index (χ2v) is 4.00. The maximum Gasteiger partial charge on any atom is 0.293 e. The Hall–Kier alpha value is -2.37.